The van der Waals surface area contributed by atoms with Gasteiger partial charge < -0.3 is 29.5 Å². The number of halogens is 4. The first-order chi connectivity index (χ1) is 26.2. The quantitative estimate of drug-likeness (QED) is 0.164. The van der Waals surface area contributed by atoms with Gasteiger partial charge >= 0.3 is 5.97 Å². The molecule has 4 aromatic carbocycles. The molecule has 4 aromatic rings. The Morgan fingerprint density at radius 3 is 1.47 bits per heavy atom. The number of fused-ring (bicyclic) bond motifs is 2. The predicted octanol–water partition coefficient (Wildman–Crippen LogP) is 9.80. The summed E-state index contributed by atoms with van der Waals surface area (Å²) in [6.07, 6.45) is -3.38. The molecule has 0 aromatic heterocycles. The Morgan fingerprint density at radius 1 is 0.655 bits per heavy atom. The fraction of sp³-hybridized carbons (Fsp3) is 0.357. The normalized spacial score (nSPS) is 19.7. The topological polar surface area (TPSA) is 117 Å². The number of rotatable bonds is 10. The average molecular weight is 831 g/mol. The number of anilines is 2. The molecule has 0 bridgehead atoms. The van der Waals surface area contributed by atoms with Gasteiger partial charge in [0.15, 0.2) is 0 Å². The molecule has 292 valence electrons. The highest BCUT2D eigenvalue weighted by molar-refractivity contribution is 6.32. The molecule has 55 heavy (non-hydrogen) atoms. The van der Waals surface area contributed by atoms with Crippen molar-refractivity contribution >= 4 is 75.6 Å². The summed E-state index contributed by atoms with van der Waals surface area (Å²) < 4.78 is 12.3. The van der Waals surface area contributed by atoms with E-state index in [2.05, 4.69) is 13.8 Å². The van der Waals surface area contributed by atoms with Crippen LogP contribution in [0.3, 0.4) is 0 Å². The van der Waals surface area contributed by atoms with Gasteiger partial charge in [0, 0.05) is 79.8 Å². The van der Waals surface area contributed by atoms with Crippen molar-refractivity contribution < 1.29 is 34.1 Å². The van der Waals surface area contributed by atoms with Crippen LogP contribution in [0.2, 0.25) is 20.1 Å². The second kappa shape index (κ2) is 19.0. The third-order valence-corrected chi connectivity index (χ3v) is 10.2. The molecule has 6 rings (SSSR count). The van der Waals surface area contributed by atoms with E-state index in [1.807, 2.05) is 50.2 Å². The minimum absolute atomic E-state index is 0.141. The summed E-state index contributed by atoms with van der Waals surface area (Å²) in [6.45, 7) is 8.94. The van der Waals surface area contributed by atoms with Crippen LogP contribution in [-0.4, -0.2) is 59.9 Å². The molecule has 0 unspecified atom stereocenters. The first-order valence-corrected chi connectivity index (χ1v) is 19.5. The van der Waals surface area contributed by atoms with Crippen molar-refractivity contribution in [3.8, 4) is 0 Å². The molecule has 0 spiro atoms. The Balaban J connectivity index is 0.000000211. The monoisotopic (exact) mass is 828 g/mol. The van der Waals surface area contributed by atoms with Crippen molar-refractivity contribution in [3.63, 3.8) is 0 Å². The van der Waals surface area contributed by atoms with Crippen LogP contribution in [0.25, 0.3) is 0 Å². The summed E-state index contributed by atoms with van der Waals surface area (Å²) in [4.78, 5) is 41.1. The van der Waals surface area contributed by atoms with Gasteiger partial charge in [-0.1, -0.05) is 110 Å². The molecule has 0 saturated carbocycles. The van der Waals surface area contributed by atoms with E-state index in [9.17, 15) is 24.6 Å². The van der Waals surface area contributed by atoms with Crippen molar-refractivity contribution in [2.24, 2.45) is 11.8 Å². The number of carboxylic acid groups (broad SMARTS) is 1. The van der Waals surface area contributed by atoms with E-state index in [0.29, 0.717) is 50.0 Å². The van der Waals surface area contributed by atoms with E-state index in [-0.39, 0.29) is 36.7 Å². The highest BCUT2D eigenvalue weighted by atomic mass is 35.5. The van der Waals surface area contributed by atoms with Gasteiger partial charge in [-0.25, -0.2) is 0 Å². The van der Waals surface area contributed by atoms with Gasteiger partial charge in [0.05, 0.1) is 6.42 Å². The Kier molecular flexibility index (Phi) is 14.7. The van der Waals surface area contributed by atoms with Gasteiger partial charge in [0.25, 0.3) is 11.8 Å². The Morgan fingerprint density at radius 2 is 1.07 bits per heavy atom. The minimum Gasteiger partial charge on any atom is -0.481 e. The smallest absolute Gasteiger partial charge is 0.306 e. The van der Waals surface area contributed by atoms with Gasteiger partial charge in [0.1, 0.15) is 24.4 Å². The lowest BCUT2D eigenvalue weighted by atomic mass is 9.99. The zero-order chi connectivity index (χ0) is 40.0. The van der Waals surface area contributed by atoms with Crippen LogP contribution in [0.4, 0.5) is 11.4 Å². The summed E-state index contributed by atoms with van der Waals surface area (Å²) in [5, 5.41) is 20.9. The van der Waals surface area contributed by atoms with Gasteiger partial charge in [-0.2, -0.15) is 0 Å². The molecular formula is C42H44Cl4N2O7. The fourth-order valence-corrected chi connectivity index (χ4v) is 7.54. The summed E-state index contributed by atoms with van der Waals surface area (Å²) in [7, 11) is 0. The molecule has 0 fully saturated rings. The van der Waals surface area contributed by atoms with Gasteiger partial charge in [-0.3, -0.25) is 14.4 Å². The van der Waals surface area contributed by atoms with E-state index in [1.54, 1.807) is 58.3 Å². The summed E-state index contributed by atoms with van der Waals surface area (Å²) in [6, 6.07) is 25.2. The fourth-order valence-electron chi connectivity index (χ4n) is 6.71. The number of aliphatic hydroxyl groups is 1. The second-order valence-corrected chi connectivity index (χ2v) is 15.9. The first kappa shape index (κ1) is 42.5. The summed E-state index contributed by atoms with van der Waals surface area (Å²) in [5.41, 5.74) is 4.32. The minimum atomic E-state index is -1.14. The van der Waals surface area contributed by atoms with Crippen LogP contribution < -0.4 is 9.80 Å². The van der Waals surface area contributed by atoms with Crippen molar-refractivity contribution in [2.75, 3.05) is 29.5 Å². The van der Waals surface area contributed by atoms with Crippen LogP contribution in [0.15, 0.2) is 84.9 Å². The highest BCUT2D eigenvalue weighted by Crippen LogP contribution is 2.43. The van der Waals surface area contributed by atoms with E-state index >= 15 is 0 Å². The van der Waals surface area contributed by atoms with Crippen LogP contribution >= 0.6 is 46.4 Å². The van der Waals surface area contributed by atoms with Crippen LogP contribution in [0, 0.1) is 11.8 Å². The number of nitrogens with zero attached hydrogens (tertiary/aromatic N) is 2. The van der Waals surface area contributed by atoms with Gasteiger partial charge in [-0.15, -0.1) is 0 Å². The number of amides is 2. The molecule has 2 N–H and O–H groups in total. The summed E-state index contributed by atoms with van der Waals surface area (Å²) in [5.74, 6) is -1.20. The van der Waals surface area contributed by atoms with Gasteiger partial charge in [-0.05, 0) is 60.4 Å². The third-order valence-electron chi connectivity index (χ3n) is 9.03. The maximum atomic E-state index is 13.2. The lowest BCUT2D eigenvalue weighted by Crippen LogP contribution is -2.42. The SMILES string of the molecule is CC(C)CN1C(=O)[C@@H](CC(=O)O)O[C@H](c2ccccc2Cl)c2cc(Cl)ccc21.CC(C)CN1C(=O)[C@@H](CCO)O[C@H](c2ccccc2Cl)c2cc(Cl)ccc21. The number of aliphatic hydroxyl groups excluding tert-OH is 1. The molecule has 0 saturated heterocycles. The molecular weight excluding hydrogens is 786 g/mol. The average Bonchev–Trinajstić information content (AvgIpc) is 3.30. The number of carbonyl (C=O) groups excluding carboxylic acids is 2. The van der Waals surface area contributed by atoms with Crippen molar-refractivity contribution in [2.45, 2.75) is 65.0 Å². The van der Waals surface area contributed by atoms with Crippen LogP contribution in [0.5, 0.6) is 0 Å². The number of aliphatic carboxylic acids is 1. The number of carboxylic acids is 1. The zero-order valence-corrected chi connectivity index (χ0v) is 33.9. The third kappa shape index (κ3) is 10.2. The van der Waals surface area contributed by atoms with E-state index in [0.717, 1.165) is 16.8 Å². The Hall–Kier alpha value is -3.67. The van der Waals surface area contributed by atoms with E-state index in [1.165, 1.54) is 0 Å². The lowest BCUT2D eigenvalue weighted by Gasteiger charge is -2.26. The maximum Gasteiger partial charge on any atom is 0.306 e. The molecule has 2 aliphatic rings. The van der Waals surface area contributed by atoms with Gasteiger partial charge in [0.2, 0.25) is 0 Å². The molecule has 2 heterocycles. The standard InChI is InChI=1S/C21H21Cl2NO4.C21H23Cl2NO3/c1-12(2)11-24-17-8-7-13(22)9-15(17)20(14-5-3-4-6-16(14)23)28-18(21(24)27)10-19(25)26;1-13(2)12-24-18-8-7-14(22)11-16(18)20(15-5-3-4-6-17(15)23)27-19(9-10-25)21(24)26/h3-9,12,18,20H,10-11H2,1-2H3,(H,25,26);3-8,11,13,19-20,25H,9-10,12H2,1-2H3/t18-,20-;19-,20-/m11/s1. The predicted molar refractivity (Wildman–Crippen MR) is 218 cm³/mol. The number of hydrogen-bond donors (Lipinski definition) is 2. The Labute approximate surface area is 341 Å². The highest BCUT2D eigenvalue weighted by Gasteiger charge is 2.39. The number of carbonyl (C=O) groups is 3. The van der Waals surface area contributed by atoms with Crippen molar-refractivity contribution in [1.29, 1.82) is 0 Å². The molecule has 9 nitrogen and oxygen atoms in total. The molecule has 0 aliphatic carbocycles. The number of ether oxygens (including phenoxy) is 2. The molecule has 4 atom stereocenters. The van der Waals surface area contributed by atoms with Crippen LogP contribution in [0.1, 0.15) is 75.0 Å². The van der Waals surface area contributed by atoms with Crippen molar-refractivity contribution in [3.05, 3.63) is 127 Å². The number of hydrogen-bond acceptors (Lipinski definition) is 6. The first-order valence-electron chi connectivity index (χ1n) is 18.0. The van der Waals surface area contributed by atoms with E-state index in [4.69, 9.17) is 55.9 Å². The largest absolute Gasteiger partial charge is 0.481 e. The molecule has 2 amide bonds. The second-order valence-electron chi connectivity index (χ2n) is 14.3. The summed E-state index contributed by atoms with van der Waals surface area (Å²) >= 11 is 25.4. The maximum absolute atomic E-state index is 13.2. The van der Waals surface area contributed by atoms with E-state index < -0.39 is 36.8 Å². The van der Waals surface area contributed by atoms with Crippen molar-refractivity contribution in [1.82, 2.24) is 0 Å². The molecule has 2 aliphatic heterocycles. The lowest BCUT2D eigenvalue weighted by molar-refractivity contribution is -0.146. The Bertz CT molecular complexity index is 2010. The molecule has 0 radical (unpaired) electrons. The van der Waals surface area contributed by atoms with Crippen LogP contribution in [-0.2, 0) is 23.9 Å². The zero-order valence-electron chi connectivity index (χ0n) is 30.9. The molecule has 13 heteroatoms. The number of benzene rings is 4.